The average Bonchev–Trinajstić information content (AvgIpc) is 2.25. The number of nitrogens with zero attached hydrogens (tertiary/aromatic N) is 2. The zero-order valence-electron chi connectivity index (χ0n) is 8.64. The maximum Gasteiger partial charge on any atom is 0.242 e. The summed E-state index contributed by atoms with van der Waals surface area (Å²) in [6, 6.07) is 5.24. The molecule has 0 saturated carbocycles. The summed E-state index contributed by atoms with van der Waals surface area (Å²) < 4.78 is 5.46. The zero-order chi connectivity index (χ0) is 11.5. The highest BCUT2D eigenvalue weighted by Gasteiger charge is 2.04. The Labute approximate surface area is 98.0 Å². The van der Waals surface area contributed by atoms with Crippen LogP contribution in [0.5, 0.6) is 11.6 Å². The van der Waals surface area contributed by atoms with Crippen LogP contribution in [0.25, 0.3) is 0 Å². The van der Waals surface area contributed by atoms with Gasteiger partial charge in [-0.3, -0.25) is 4.98 Å². The molecule has 0 bridgehead atoms. The standard InChI is InChI=1S/C11H10ClN3O/c1-7-2-3-9(6-14-7)16-11-10(13)4-8(12)5-15-11/h2-6H,13H2,1H3. The molecular weight excluding hydrogens is 226 g/mol. The van der Waals surface area contributed by atoms with Crippen LogP contribution in [0.4, 0.5) is 5.69 Å². The van der Waals surface area contributed by atoms with Crippen LogP contribution < -0.4 is 10.5 Å². The minimum atomic E-state index is 0.329. The van der Waals surface area contributed by atoms with Gasteiger partial charge >= 0.3 is 0 Å². The van der Waals surface area contributed by atoms with Gasteiger partial charge in [-0.05, 0) is 25.1 Å². The molecule has 2 heterocycles. The van der Waals surface area contributed by atoms with Crippen LogP contribution in [0.2, 0.25) is 5.02 Å². The second kappa shape index (κ2) is 4.37. The number of nitrogen functional groups attached to an aromatic ring is 1. The van der Waals surface area contributed by atoms with Crippen LogP contribution >= 0.6 is 11.6 Å². The van der Waals surface area contributed by atoms with Crippen molar-refractivity contribution in [3.05, 3.63) is 41.3 Å². The van der Waals surface area contributed by atoms with Crippen LogP contribution in [0.15, 0.2) is 30.6 Å². The van der Waals surface area contributed by atoms with Crippen molar-refractivity contribution in [2.75, 3.05) is 5.73 Å². The normalized spacial score (nSPS) is 10.1. The maximum absolute atomic E-state index is 5.73. The van der Waals surface area contributed by atoms with E-state index in [1.165, 1.54) is 6.20 Å². The van der Waals surface area contributed by atoms with E-state index in [1.807, 2.05) is 13.0 Å². The number of halogens is 1. The van der Waals surface area contributed by atoms with E-state index in [9.17, 15) is 0 Å². The second-order valence-electron chi connectivity index (χ2n) is 3.29. The van der Waals surface area contributed by atoms with E-state index in [4.69, 9.17) is 22.1 Å². The van der Waals surface area contributed by atoms with Crippen LogP contribution in [-0.4, -0.2) is 9.97 Å². The van der Waals surface area contributed by atoms with Crippen LogP contribution in [0.3, 0.4) is 0 Å². The quantitative estimate of drug-likeness (QED) is 0.870. The SMILES string of the molecule is Cc1ccc(Oc2ncc(Cl)cc2N)cn1. The minimum absolute atomic E-state index is 0.329. The number of anilines is 1. The molecule has 5 heteroatoms. The summed E-state index contributed by atoms with van der Waals surface area (Å²) in [4.78, 5) is 8.09. The first kappa shape index (κ1) is 10.7. The van der Waals surface area contributed by atoms with Crippen molar-refractivity contribution in [1.82, 2.24) is 9.97 Å². The first-order valence-electron chi connectivity index (χ1n) is 4.66. The van der Waals surface area contributed by atoms with Crippen molar-refractivity contribution < 1.29 is 4.74 Å². The Balaban J connectivity index is 2.23. The molecule has 2 aromatic heterocycles. The zero-order valence-corrected chi connectivity index (χ0v) is 9.40. The summed E-state index contributed by atoms with van der Waals surface area (Å²) in [7, 11) is 0. The molecule has 2 N–H and O–H groups in total. The Morgan fingerprint density at radius 2 is 2.06 bits per heavy atom. The van der Waals surface area contributed by atoms with Gasteiger partial charge in [-0.1, -0.05) is 11.6 Å². The molecule has 0 unspecified atom stereocenters. The third kappa shape index (κ3) is 2.41. The summed E-state index contributed by atoms with van der Waals surface area (Å²) in [5, 5.41) is 0.479. The Hall–Kier alpha value is -1.81. The highest BCUT2D eigenvalue weighted by atomic mass is 35.5. The first-order valence-corrected chi connectivity index (χ1v) is 5.04. The van der Waals surface area contributed by atoms with Crippen molar-refractivity contribution in [3.8, 4) is 11.6 Å². The fourth-order valence-electron chi connectivity index (χ4n) is 1.15. The van der Waals surface area contributed by atoms with Crippen molar-refractivity contribution in [2.24, 2.45) is 0 Å². The van der Waals surface area contributed by atoms with Gasteiger partial charge in [0.25, 0.3) is 0 Å². The number of rotatable bonds is 2. The summed E-state index contributed by atoms with van der Waals surface area (Å²) in [6.45, 7) is 1.90. The molecule has 0 aliphatic carbocycles. The lowest BCUT2D eigenvalue weighted by Crippen LogP contribution is -1.95. The Morgan fingerprint density at radius 1 is 1.25 bits per heavy atom. The lowest BCUT2D eigenvalue weighted by atomic mass is 10.4. The molecule has 0 amide bonds. The third-order valence-electron chi connectivity index (χ3n) is 1.94. The summed E-state index contributed by atoms with van der Waals surface area (Å²) in [6.07, 6.45) is 3.10. The van der Waals surface area contributed by atoms with Gasteiger partial charge in [0.05, 0.1) is 16.9 Å². The Bertz CT molecular complexity index is 499. The summed E-state index contributed by atoms with van der Waals surface area (Å²) >= 11 is 5.73. The first-order chi connectivity index (χ1) is 7.65. The van der Waals surface area contributed by atoms with E-state index in [0.29, 0.717) is 22.3 Å². The summed E-state index contributed by atoms with van der Waals surface area (Å²) in [5.41, 5.74) is 7.02. The van der Waals surface area contributed by atoms with Gasteiger partial charge in [-0.25, -0.2) is 4.98 Å². The monoisotopic (exact) mass is 235 g/mol. The number of hydrogen-bond donors (Lipinski definition) is 1. The Kier molecular flexibility index (Phi) is 2.92. The largest absolute Gasteiger partial charge is 0.435 e. The van der Waals surface area contributed by atoms with E-state index in [1.54, 1.807) is 18.3 Å². The predicted octanol–water partition coefficient (Wildman–Crippen LogP) is 2.81. The number of aromatic nitrogens is 2. The van der Waals surface area contributed by atoms with E-state index in [2.05, 4.69) is 9.97 Å². The number of aryl methyl sites for hydroxylation is 1. The van der Waals surface area contributed by atoms with Gasteiger partial charge in [0.1, 0.15) is 5.75 Å². The number of pyridine rings is 2. The van der Waals surface area contributed by atoms with Crippen molar-refractivity contribution >= 4 is 17.3 Å². The molecule has 0 aliphatic rings. The van der Waals surface area contributed by atoms with Crippen molar-refractivity contribution in [1.29, 1.82) is 0 Å². The molecule has 2 rings (SSSR count). The number of hydrogen-bond acceptors (Lipinski definition) is 4. The average molecular weight is 236 g/mol. The molecule has 0 aromatic carbocycles. The molecule has 4 nitrogen and oxygen atoms in total. The van der Waals surface area contributed by atoms with Gasteiger partial charge in [0.2, 0.25) is 5.88 Å². The lowest BCUT2D eigenvalue weighted by Gasteiger charge is -2.06. The summed E-state index contributed by atoms with van der Waals surface area (Å²) in [5.74, 6) is 0.919. The molecule has 0 fully saturated rings. The fraction of sp³-hybridized carbons (Fsp3) is 0.0909. The van der Waals surface area contributed by atoms with Gasteiger partial charge in [0, 0.05) is 11.9 Å². The van der Waals surface area contributed by atoms with Gasteiger partial charge in [-0.15, -0.1) is 0 Å². The van der Waals surface area contributed by atoms with Gasteiger partial charge < -0.3 is 10.5 Å². The van der Waals surface area contributed by atoms with E-state index >= 15 is 0 Å². The topological polar surface area (TPSA) is 61.0 Å². The molecular formula is C11H10ClN3O. The van der Waals surface area contributed by atoms with E-state index in [-0.39, 0.29) is 0 Å². The number of nitrogens with two attached hydrogens (primary N) is 1. The Morgan fingerprint density at radius 3 is 2.69 bits per heavy atom. The predicted molar refractivity (Wildman–Crippen MR) is 62.7 cm³/mol. The smallest absolute Gasteiger partial charge is 0.242 e. The van der Waals surface area contributed by atoms with E-state index < -0.39 is 0 Å². The maximum atomic E-state index is 5.73. The van der Waals surface area contributed by atoms with Crippen molar-refractivity contribution in [3.63, 3.8) is 0 Å². The number of ether oxygens (including phenoxy) is 1. The molecule has 0 atom stereocenters. The van der Waals surface area contributed by atoms with Crippen LogP contribution in [0.1, 0.15) is 5.69 Å². The third-order valence-corrected chi connectivity index (χ3v) is 2.15. The van der Waals surface area contributed by atoms with E-state index in [0.717, 1.165) is 5.69 Å². The second-order valence-corrected chi connectivity index (χ2v) is 3.72. The van der Waals surface area contributed by atoms with Crippen LogP contribution in [-0.2, 0) is 0 Å². The van der Waals surface area contributed by atoms with Gasteiger partial charge in [-0.2, -0.15) is 0 Å². The van der Waals surface area contributed by atoms with Gasteiger partial charge in [0.15, 0.2) is 0 Å². The molecule has 16 heavy (non-hydrogen) atoms. The highest BCUT2D eigenvalue weighted by Crippen LogP contribution is 2.26. The highest BCUT2D eigenvalue weighted by molar-refractivity contribution is 6.30. The molecule has 0 radical (unpaired) electrons. The molecule has 0 aliphatic heterocycles. The van der Waals surface area contributed by atoms with Crippen molar-refractivity contribution in [2.45, 2.75) is 6.92 Å². The molecule has 0 spiro atoms. The molecule has 2 aromatic rings. The minimum Gasteiger partial charge on any atom is -0.435 e. The lowest BCUT2D eigenvalue weighted by molar-refractivity contribution is 0.463. The van der Waals surface area contributed by atoms with Crippen LogP contribution in [0, 0.1) is 6.92 Å². The molecule has 0 saturated heterocycles. The fourth-order valence-corrected chi connectivity index (χ4v) is 1.32. The molecule has 82 valence electrons.